The van der Waals surface area contributed by atoms with Crippen molar-refractivity contribution < 1.29 is 4.79 Å². The molecule has 1 aromatic rings. The maximum Gasteiger partial charge on any atom is 0.237 e. The summed E-state index contributed by atoms with van der Waals surface area (Å²) in [6.45, 7) is 4.43. The van der Waals surface area contributed by atoms with Crippen molar-refractivity contribution in [2.24, 2.45) is 5.73 Å². The first kappa shape index (κ1) is 14.0. The standard InChI is InChI=1S/C14H19N3OS/c1-2-12-14(18)16-7-8-17(12)9-10-3-5-11(6-4-10)13(15)19/h3-6,12H,2,7-9H2,1H3,(H2,15,19)(H,16,18). The van der Waals surface area contributed by atoms with Gasteiger partial charge in [0.15, 0.2) is 0 Å². The van der Waals surface area contributed by atoms with Crippen LogP contribution < -0.4 is 11.1 Å². The van der Waals surface area contributed by atoms with E-state index in [2.05, 4.69) is 10.2 Å². The molecular weight excluding hydrogens is 258 g/mol. The number of hydrogen-bond donors (Lipinski definition) is 2. The molecule has 0 saturated carbocycles. The number of nitrogens with two attached hydrogens (primary N) is 1. The van der Waals surface area contributed by atoms with Crippen LogP contribution in [-0.2, 0) is 11.3 Å². The highest BCUT2D eigenvalue weighted by Crippen LogP contribution is 2.14. The summed E-state index contributed by atoms with van der Waals surface area (Å²) in [6, 6.07) is 7.89. The fourth-order valence-electron chi connectivity index (χ4n) is 2.40. The van der Waals surface area contributed by atoms with Gasteiger partial charge in [-0.3, -0.25) is 9.69 Å². The summed E-state index contributed by atoms with van der Waals surface area (Å²) in [5, 5.41) is 2.91. The number of nitrogens with zero attached hydrogens (tertiary/aromatic N) is 1. The molecule has 1 aliphatic rings. The molecule has 2 rings (SSSR count). The summed E-state index contributed by atoms with van der Waals surface area (Å²) in [4.78, 5) is 14.4. The van der Waals surface area contributed by atoms with Crippen molar-refractivity contribution in [1.29, 1.82) is 0 Å². The minimum atomic E-state index is -0.0241. The van der Waals surface area contributed by atoms with Crippen molar-refractivity contribution in [2.45, 2.75) is 25.9 Å². The van der Waals surface area contributed by atoms with E-state index in [-0.39, 0.29) is 11.9 Å². The Balaban J connectivity index is 2.07. The predicted molar refractivity (Wildman–Crippen MR) is 79.8 cm³/mol. The second-order valence-corrected chi connectivity index (χ2v) is 5.19. The number of amides is 1. The van der Waals surface area contributed by atoms with E-state index < -0.39 is 0 Å². The SMILES string of the molecule is CCC1C(=O)NCCN1Cc1ccc(C(N)=S)cc1. The van der Waals surface area contributed by atoms with Gasteiger partial charge in [0.2, 0.25) is 5.91 Å². The first-order valence-corrected chi connectivity index (χ1v) is 6.93. The second-order valence-electron chi connectivity index (χ2n) is 4.75. The van der Waals surface area contributed by atoms with Crippen LogP contribution in [0.2, 0.25) is 0 Å². The topological polar surface area (TPSA) is 58.4 Å². The highest BCUT2D eigenvalue weighted by Gasteiger charge is 2.27. The van der Waals surface area contributed by atoms with Crippen LogP contribution in [0, 0.1) is 0 Å². The molecule has 1 aliphatic heterocycles. The van der Waals surface area contributed by atoms with E-state index in [1.165, 1.54) is 5.56 Å². The van der Waals surface area contributed by atoms with E-state index in [1.54, 1.807) is 0 Å². The van der Waals surface area contributed by atoms with Crippen molar-refractivity contribution in [3.8, 4) is 0 Å². The van der Waals surface area contributed by atoms with E-state index in [4.69, 9.17) is 18.0 Å². The molecule has 102 valence electrons. The molecular formula is C14H19N3OS. The van der Waals surface area contributed by atoms with E-state index in [1.807, 2.05) is 31.2 Å². The Labute approximate surface area is 119 Å². The van der Waals surface area contributed by atoms with Gasteiger partial charge in [-0.25, -0.2) is 0 Å². The van der Waals surface area contributed by atoms with E-state index in [9.17, 15) is 4.79 Å². The molecule has 1 atom stereocenters. The van der Waals surface area contributed by atoms with Crippen molar-refractivity contribution in [3.63, 3.8) is 0 Å². The van der Waals surface area contributed by atoms with Crippen LogP contribution in [0.15, 0.2) is 24.3 Å². The lowest BCUT2D eigenvalue weighted by Crippen LogP contribution is -2.54. The van der Waals surface area contributed by atoms with Gasteiger partial charge in [0.25, 0.3) is 0 Å². The Bertz CT molecular complexity index is 472. The lowest BCUT2D eigenvalue weighted by molar-refractivity contribution is -0.129. The lowest BCUT2D eigenvalue weighted by Gasteiger charge is -2.34. The molecule has 1 heterocycles. The average Bonchev–Trinajstić information content (AvgIpc) is 2.39. The summed E-state index contributed by atoms with van der Waals surface area (Å²) in [5.41, 5.74) is 7.63. The molecule has 0 aliphatic carbocycles. The Morgan fingerprint density at radius 3 is 2.74 bits per heavy atom. The molecule has 3 N–H and O–H groups in total. The van der Waals surface area contributed by atoms with Crippen LogP contribution in [0.5, 0.6) is 0 Å². The molecule has 5 heteroatoms. The Morgan fingerprint density at radius 2 is 2.16 bits per heavy atom. The highest BCUT2D eigenvalue weighted by atomic mass is 32.1. The first-order valence-electron chi connectivity index (χ1n) is 6.52. The van der Waals surface area contributed by atoms with Crippen molar-refractivity contribution >= 4 is 23.1 Å². The number of nitrogens with one attached hydrogen (secondary N) is 1. The number of thiocarbonyl (C=S) groups is 1. The zero-order valence-corrected chi connectivity index (χ0v) is 11.9. The second kappa shape index (κ2) is 6.12. The molecule has 0 aromatic heterocycles. The van der Waals surface area contributed by atoms with E-state index in [0.29, 0.717) is 4.99 Å². The van der Waals surface area contributed by atoms with Crippen LogP contribution >= 0.6 is 12.2 Å². The first-order chi connectivity index (χ1) is 9.11. The number of carbonyl (C=O) groups is 1. The molecule has 0 spiro atoms. The zero-order valence-electron chi connectivity index (χ0n) is 11.1. The molecule has 0 radical (unpaired) electrons. The van der Waals surface area contributed by atoms with Crippen molar-refractivity contribution in [3.05, 3.63) is 35.4 Å². The minimum Gasteiger partial charge on any atom is -0.389 e. The predicted octanol–water partition coefficient (Wildman–Crippen LogP) is 1.03. The average molecular weight is 277 g/mol. The minimum absolute atomic E-state index is 0.0241. The maximum atomic E-state index is 11.8. The van der Waals surface area contributed by atoms with Crippen molar-refractivity contribution in [1.82, 2.24) is 10.2 Å². The summed E-state index contributed by atoms with van der Waals surface area (Å²) in [6.07, 6.45) is 0.830. The Hall–Kier alpha value is -1.46. The molecule has 1 unspecified atom stereocenters. The Kier molecular flexibility index (Phi) is 4.50. The van der Waals surface area contributed by atoms with Gasteiger partial charge in [0, 0.05) is 25.2 Å². The number of rotatable bonds is 4. The fraction of sp³-hybridized carbons (Fsp3) is 0.429. The lowest BCUT2D eigenvalue weighted by atomic mass is 10.1. The van der Waals surface area contributed by atoms with Crippen LogP contribution in [0.1, 0.15) is 24.5 Å². The van der Waals surface area contributed by atoms with Crippen LogP contribution in [0.25, 0.3) is 0 Å². The normalized spacial score (nSPS) is 20.1. The molecule has 1 amide bonds. The third kappa shape index (κ3) is 3.30. The van der Waals surface area contributed by atoms with Gasteiger partial charge in [-0.15, -0.1) is 0 Å². The third-order valence-electron chi connectivity index (χ3n) is 3.45. The monoisotopic (exact) mass is 277 g/mol. The van der Waals surface area contributed by atoms with Gasteiger partial charge in [0.05, 0.1) is 6.04 Å². The molecule has 4 nitrogen and oxygen atoms in total. The van der Waals surface area contributed by atoms with Gasteiger partial charge in [-0.05, 0) is 12.0 Å². The van der Waals surface area contributed by atoms with Crippen LogP contribution in [-0.4, -0.2) is 34.9 Å². The Morgan fingerprint density at radius 1 is 1.47 bits per heavy atom. The van der Waals surface area contributed by atoms with Gasteiger partial charge in [-0.1, -0.05) is 43.4 Å². The molecule has 1 saturated heterocycles. The number of benzene rings is 1. The maximum absolute atomic E-state index is 11.8. The van der Waals surface area contributed by atoms with Crippen LogP contribution in [0.3, 0.4) is 0 Å². The zero-order chi connectivity index (χ0) is 13.8. The number of piperazine rings is 1. The molecule has 19 heavy (non-hydrogen) atoms. The summed E-state index contributed by atoms with van der Waals surface area (Å²) in [5.74, 6) is 0.133. The summed E-state index contributed by atoms with van der Waals surface area (Å²) in [7, 11) is 0. The summed E-state index contributed by atoms with van der Waals surface area (Å²) >= 11 is 4.93. The summed E-state index contributed by atoms with van der Waals surface area (Å²) < 4.78 is 0. The smallest absolute Gasteiger partial charge is 0.237 e. The third-order valence-corrected chi connectivity index (χ3v) is 3.69. The van der Waals surface area contributed by atoms with Gasteiger partial charge in [-0.2, -0.15) is 0 Å². The molecule has 0 bridgehead atoms. The number of carbonyl (C=O) groups excluding carboxylic acids is 1. The molecule has 1 aromatic carbocycles. The van der Waals surface area contributed by atoms with E-state index in [0.717, 1.165) is 31.6 Å². The fourth-order valence-corrected chi connectivity index (χ4v) is 2.54. The highest BCUT2D eigenvalue weighted by molar-refractivity contribution is 7.80. The van der Waals surface area contributed by atoms with E-state index >= 15 is 0 Å². The largest absolute Gasteiger partial charge is 0.389 e. The molecule has 1 fully saturated rings. The van der Waals surface area contributed by atoms with Gasteiger partial charge in [0.1, 0.15) is 4.99 Å². The van der Waals surface area contributed by atoms with Gasteiger partial charge < -0.3 is 11.1 Å². The van der Waals surface area contributed by atoms with Crippen molar-refractivity contribution in [2.75, 3.05) is 13.1 Å². The number of hydrogen-bond acceptors (Lipinski definition) is 3. The van der Waals surface area contributed by atoms with Crippen LogP contribution in [0.4, 0.5) is 0 Å². The van der Waals surface area contributed by atoms with Gasteiger partial charge >= 0.3 is 0 Å². The quantitative estimate of drug-likeness (QED) is 0.807.